The number of benzene rings is 2. The number of imidazole rings is 1. The van der Waals surface area contributed by atoms with E-state index < -0.39 is 12.1 Å². The third kappa shape index (κ3) is 6.53. The molecule has 0 saturated carbocycles. The van der Waals surface area contributed by atoms with Gasteiger partial charge in [0.25, 0.3) is 11.8 Å². The van der Waals surface area contributed by atoms with Crippen LogP contribution in [0.2, 0.25) is 0 Å². The lowest BCUT2D eigenvalue weighted by atomic mass is 10.0. The van der Waals surface area contributed by atoms with E-state index in [9.17, 15) is 14.4 Å². The standard InChI is InChI=1S/C31H32N6O6/c1-41-27-15-20-5-9-26(27)42-19-29(39)34-23-17-36(30(40)24-18-37-13-2-12-32-31(37)35-24)14-11-25(23)43-22-7-3-21(4-8-22)16-33-28(38)10-6-20/h2-5,7-9,12-13,15,18,23,25H,6,10-11,14,16-17,19H2,1H3,(H,33,38)(H,34,39)/t23-,25-/m1/s1. The van der Waals surface area contributed by atoms with Crippen LogP contribution in [0.5, 0.6) is 17.2 Å². The van der Waals surface area contributed by atoms with Crippen LogP contribution in [0.3, 0.4) is 0 Å². The maximum atomic E-state index is 13.4. The lowest BCUT2D eigenvalue weighted by Gasteiger charge is -2.38. The molecule has 43 heavy (non-hydrogen) atoms. The molecule has 12 nitrogen and oxygen atoms in total. The average Bonchev–Trinajstić information content (AvgIpc) is 3.47. The van der Waals surface area contributed by atoms with Crippen molar-refractivity contribution >= 4 is 23.5 Å². The zero-order chi connectivity index (χ0) is 29.8. The molecule has 0 spiro atoms. The van der Waals surface area contributed by atoms with E-state index in [0.717, 1.165) is 11.1 Å². The smallest absolute Gasteiger partial charge is 0.274 e. The number of amides is 3. The van der Waals surface area contributed by atoms with Gasteiger partial charge in [-0.1, -0.05) is 18.2 Å². The summed E-state index contributed by atoms with van der Waals surface area (Å²) in [7, 11) is 1.52. The Morgan fingerprint density at radius 3 is 2.72 bits per heavy atom. The highest BCUT2D eigenvalue weighted by molar-refractivity contribution is 5.93. The second-order valence-electron chi connectivity index (χ2n) is 10.5. The second-order valence-corrected chi connectivity index (χ2v) is 10.5. The van der Waals surface area contributed by atoms with E-state index in [2.05, 4.69) is 20.6 Å². The number of methoxy groups -OCH3 is 1. The number of carbonyl (C=O) groups excluding carboxylic acids is 3. The summed E-state index contributed by atoms with van der Waals surface area (Å²) in [5, 5.41) is 5.98. The third-order valence-corrected chi connectivity index (χ3v) is 7.57. The summed E-state index contributed by atoms with van der Waals surface area (Å²) >= 11 is 0. The molecular weight excluding hydrogens is 552 g/mol. The Kier molecular flexibility index (Phi) is 8.07. The molecule has 0 radical (unpaired) electrons. The fraction of sp³-hybridized carbons (Fsp3) is 0.323. The number of fused-ring (bicyclic) bond motifs is 1. The van der Waals surface area contributed by atoms with E-state index in [0.29, 0.717) is 55.4 Å². The Balaban J connectivity index is 1.23. The zero-order valence-electron chi connectivity index (χ0n) is 23.7. The number of rotatable bonds is 2. The summed E-state index contributed by atoms with van der Waals surface area (Å²) in [6, 6.07) is 14.1. The van der Waals surface area contributed by atoms with Gasteiger partial charge in [-0.15, -0.1) is 0 Å². The van der Waals surface area contributed by atoms with E-state index in [1.807, 2.05) is 30.3 Å². The van der Waals surface area contributed by atoms with Crippen LogP contribution in [0.15, 0.2) is 67.1 Å². The number of hydrogen-bond donors (Lipinski definition) is 2. The first-order chi connectivity index (χ1) is 20.9. The summed E-state index contributed by atoms with van der Waals surface area (Å²) in [4.78, 5) is 49.3. The number of piperidine rings is 1. The summed E-state index contributed by atoms with van der Waals surface area (Å²) in [5.74, 6) is 1.26. The van der Waals surface area contributed by atoms with Crippen LogP contribution < -0.4 is 24.8 Å². The molecular formula is C31H32N6O6. The van der Waals surface area contributed by atoms with Crippen molar-refractivity contribution in [3.63, 3.8) is 0 Å². The fourth-order valence-corrected chi connectivity index (χ4v) is 5.28. The third-order valence-electron chi connectivity index (χ3n) is 7.57. The van der Waals surface area contributed by atoms with Crippen molar-refractivity contribution in [2.45, 2.75) is 38.0 Å². The molecule has 4 aromatic rings. The Bertz CT molecular complexity index is 1600. The minimum Gasteiger partial charge on any atom is -0.493 e. The van der Waals surface area contributed by atoms with Gasteiger partial charge in [-0.2, -0.15) is 0 Å². The van der Waals surface area contributed by atoms with Crippen LogP contribution in [-0.4, -0.2) is 75.9 Å². The van der Waals surface area contributed by atoms with E-state index in [4.69, 9.17) is 14.2 Å². The quantitative estimate of drug-likeness (QED) is 0.366. The molecule has 1 fully saturated rings. The lowest BCUT2D eigenvalue weighted by Crippen LogP contribution is -2.58. The van der Waals surface area contributed by atoms with Crippen LogP contribution >= 0.6 is 0 Å². The minimum atomic E-state index is -0.516. The first kappa shape index (κ1) is 28.0. The summed E-state index contributed by atoms with van der Waals surface area (Å²) in [5.41, 5.74) is 2.12. The molecule has 2 aromatic heterocycles. The monoisotopic (exact) mass is 584 g/mol. The maximum Gasteiger partial charge on any atom is 0.274 e. The molecule has 9 rings (SSSR count). The Morgan fingerprint density at radius 1 is 1.07 bits per heavy atom. The number of aryl methyl sites for hydroxylation is 1. The molecule has 5 aliphatic rings. The van der Waals surface area contributed by atoms with Crippen molar-refractivity contribution in [2.24, 2.45) is 0 Å². The second kappa shape index (κ2) is 12.4. The predicted octanol–water partition coefficient (Wildman–Crippen LogP) is 2.16. The van der Waals surface area contributed by atoms with Gasteiger partial charge >= 0.3 is 0 Å². The molecule has 222 valence electrons. The minimum absolute atomic E-state index is 0.0604. The highest BCUT2D eigenvalue weighted by atomic mass is 16.5. The summed E-state index contributed by atoms with van der Waals surface area (Å²) in [6.45, 7) is 0.773. The molecule has 7 heterocycles. The molecule has 2 atom stereocenters. The van der Waals surface area contributed by atoms with E-state index in [1.165, 1.54) is 7.11 Å². The first-order valence-electron chi connectivity index (χ1n) is 14.2. The van der Waals surface area contributed by atoms with Gasteiger partial charge in [0.15, 0.2) is 18.1 Å². The van der Waals surface area contributed by atoms with Crippen molar-refractivity contribution in [2.75, 3.05) is 26.8 Å². The Labute approximate surface area is 248 Å². The number of aromatic nitrogens is 3. The van der Waals surface area contributed by atoms with Gasteiger partial charge in [0, 0.05) is 51.1 Å². The number of hydrogen-bond acceptors (Lipinski definition) is 8. The first-order valence-corrected chi connectivity index (χ1v) is 14.2. The zero-order valence-corrected chi connectivity index (χ0v) is 23.7. The molecule has 1 saturated heterocycles. The normalized spacial score (nSPS) is 19.5. The topological polar surface area (TPSA) is 136 Å². The van der Waals surface area contributed by atoms with Crippen LogP contribution in [0, 0.1) is 0 Å². The van der Waals surface area contributed by atoms with Gasteiger partial charge in [-0.3, -0.25) is 18.8 Å². The lowest BCUT2D eigenvalue weighted by molar-refractivity contribution is -0.125. The number of ether oxygens (including phenoxy) is 3. The van der Waals surface area contributed by atoms with Crippen molar-refractivity contribution in [3.8, 4) is 17.2 Å². The number of nitrogens with one attached hydrogen (secondary N) is 2. The molecule has 0 unspecified atom stereocenters. The SMILES string of the molecule is COc1cc2ccc1OCC(=O)N[C@@H]1CN(C(=O)c3cn4cccnc4n3)CC[C@H]1Oc1ccc(cc1)CNC(=O)CC2. The Hall–Kier alpha value is -5.13. The van der Waals surface area contributed by atoms with Gasteiger partial charge < -0.3 is 29.7 Å². The summed E-state index contributed by atoms with van der Waals surface area (Å²) in [6.07, 6.45) is 5.98. The molecule has 3 amide bonds. The molecule has 0 aliphatic carbocycles. The van der Waals surface area contributed by atoms with Gasteiger partial charge in [-0.05, 0) is 47.9 Å². The van der Waals surface area contributed by atoms with E-state index in [1.54, 1.807) is 46.1 Å². The van der Waals surface area contributed by atoms with Gasteiger partial charge in [-0.25, -0.2) is 9.97 Å². The Morgan fingerprint density at radius 2 is 1.91 bits per heavy atom. The molecule has 2 aromatic carbocycles. The van der Waals surface area contributed by atoms with Crippen LogP contribution in [-0.2, 0) is 22.6 Å². The number of likely N-dealkylation sites (tertiary alicyclic amines) is 1. The van der Waals surface area contributed by atoms with E-state index >= 15 is 0 Å². The highest BCUT2D eigenvalue weighted by Crippen LogP contribution is 2.29. The molecule has 12 heteroatoms. The van der Waals surface area contributed by atoms with Crippen molar-refractivity contribution in [3.05, 3.63) is 83.9 Å². The fourth-order valence-electron chi connectivity index (χ4n) is 5.28. The van der Waals surface area contributed by atoms with Crippen LogP contribution in [0.25, 0.3) is 5.78 Å². The number of nitrogens with zero attached hydrogens (tertiary/aromatic N) is 4. The van der Waals surface area contributed by atoms with E-state index in [-0.39, 0.29) is 36.6 Å². The average molecular weight is 585 g/mol. The maximum absolute atomic E-state index is 13.4. The van der Waals surface area contributed by atoms with Crippen molar-refractivity contribution in [1.29, 1.82) is 0 Å². The molecule has 2 N–H and O–H groups in total. The largest absolute Gasteiger partial charge is 0.493 e. The number of carbonyl (C=O) groups is 3. The van der Waals surface area contributed by atoms with Crippen LogP contribution in [0.4, 0.5) is 0 Å². The van der Waals surface area contributed by atoms with Gasteiger partial charge in [0.2, 0.25) is 11.7 Å². The molecule has 4 bridgehead atoms. The molecule has 5 aliphatic heterocycles. The van der Waals surface area contributed by atoms with Gasteiger partial charge in [0.1, 0.15) is 17.5 Å². The predicted molar refractivity (Wildman–Crippen MR) is 155 cm³/mol. The summed E-state index contributed by atoms with van der Waals surface area (Å²) < 4.78 is 19.3. The van der Waals surface area contributed by atoms with Gasteiger partial charge in [0.05, 0.1) is 13.2 Å². The van der Waals surface area contributed by atoms with Crippen LogP contribution in [0.1, 0.15) is 34.5 Å². The van der Waals surface area contributed by atoms with Crippen molar-refractivity contribution in [1.82, 2.24) is 29.9 Å². The highest BCUT2D eigenvalue weighted by Gasteiger charge is 2.35. The van der Waals surface area contributed by atoms with Crippen molar-refractivity contribution < 1.29 is 28.6 Å².